The van der Waals surface area contributed by atoms with Gasteiger partial charge in [-0.2, -0.15) is 0 Å². The van der Waals surface area contributed by atoms with Gasteiger partial charge in [-0.25, -0.2) is 0 Å². The zero-order valence-electron chi connectivity index (χ0n) is 28.2. The molecule has 1 saturated heterocycles. The van der Waals surface area contributed by atoms with Crippen LogP contribution in [0.2, 0.25) is 18.6 Å². The van der Waals surface area contributed by atoms with Crippen molar-refractivity contribution in [3.05, 3.63) is 105 Å². The Kier molecular flexibility index (Phi) is 8.66. The monoisotopic (exact) mass is 696 g/mol. The van der Waals surface area contributed by atoms with Crippen molar-refractivity contribution < 1.29 is 29.2 Å². The molecule has 4 atom stereocenters. The summed E-state index contributed by atoms with van der Waals surface area (Å²) in [6, 6.07) is 19.8. The van der Waals surface area contributed by atoms with E-state index < -0.39 is 30.9 Å². The van der Waals surface area contributed by atoms with Gasteiger partial charge in [0.25, 0.3) is 11.6 Å². The fourth-order valence-corrected chi connectivity index (χ4v) is 10.8. The highest BCUT2D eigenvalue weighted by Gasteiger charge is 2.66. The standard InChI is InChI=1S/C36H40N6O7Si/c1-23-34(50(2,3)48)32(16-18-39-22-26(17-19-43)37-38-39)49-36(23)29-20-28(42(46)47)13-14-31(29)40(35(36)45)21-24-8-11-27(12-9-24)41-30-7-5-4-6-25(30)10-15-33(41)44/h4-9,11-14,20,22-23,32,34,43,48H,10,15-19,21H2,1-3H3/t23-,32+,34-,36+/m1/s1. The maximum Gasteiger partial charge on any atom is 0.269 e. The zero-order valence-corrected chi connectivity index (χ0v) is 29.2. The van der Waals surface area contributed by atoms with E-state index in [1.165, 1.54) is 12.1 Å². The predicted molar refractivity (Wildman–Crippen MR) is 187 cm³/mol. The van der Waals surface area contributed by atoms with Crippen molar-refractivity contribution in [2.75, 3.05) is 16.4 Å². The van der Waals surface area contributed by atoms with Crippen LogP contribution in [0.1, 0.15) is 42.1 Å². The second-order valence-corrected chi connectivity index (χ2v) is 17.9. The summed E-state index contributed by atoms with van der Waals surface area (Å²) >= 11 is 0. The molecule has 4 aromatic rings. The Balaban J connectivity index is 1.21. The van der Waals surface area contributed by atoms with E-state index in [1.54, 1.807) is 26.7 Å². The van der Waals surface area contributed by atoms with E-state index in [-0.39, 0.29) is 36.2 Å². The number of hydrogen-bond acceptors (Lipinski definition) is 9. The summed E-state index contributed by atoms with van der Waals surface area (Å²) in [5.41, 5.74) is 3.05. The lowest BCUT2D eigenvalue weighted by atomic mass is 9.82. The van der Waals surface area contributed by atoms with Gasteiger partial charge in [0, 0.05) is 67.0 Å². The SMILES string of the molecule is C[C@@H]1[C@@H]([Si](C)(C)O)[C@H](CCn2cc(CCO)nn2)O[C@@]12C(=O)N(Cc1ccc(N3C(=O)CCc4ccccc43)cc1)c1ccc([N+](=O)[O-])cc12. The second-order valence-electron chi connectivity index (χ2n) is 14.0. The summed E-state index contributed by atoms with van der Waals surface area (Å²) < 4.78 is 8.50. The molecule has 0 unspecified atom stereocenters. The highest BCUT2D eigenvalue weighted by Crippen LogP contribution is 2.60. The van der Waals surface area contributed by atoms with Crippen molar-refractivity contribution >= 4 is 42.9 Å². The summed E-state index contributed by atoms with van der Waals surface area (Å²) in [4.78, 5) is 54.3. The molecule has 0 aliphatic carbocycles. The Hall–Kier alpha value is -4.76. The van der Waals surface area contributed by atoms with Crippen molar-refractivity contribution in [2.24, 2.45) is 5.92 Å². The van der Waals surface area contributed by atoms with Gasteiger partial charge >= 0.3 is 0 Å². The molecule has 1 aromatic heterocycles. The summed E-state index contributed by atoms with van der Waals surface area (Å²) in [6.45, 7) is 6.10. The van der Waals surface area contributed by atoms with Gasteiger partial charge in [0.1, 0.15) is 0 Å². The molecule has 50 heavy (non-hydrogen) atoms. The van der Waals surface area contributed by atoms with E-state index >= 15 is 0 Å². The number of aryl methyl sites for hydroxylation is 2. The lowest BCUT2D eigenvalue weighted by molar-refractivity contribution is -0.385. The molecule has 3 aromatic carbocycles. The number of ether oxygens (including phenoxy) is 1. The van der Waals surface area contributed by atoms with Crippen molar-refractivity contribution in [1.29, 1.82) is 0 Å². The van der Waals surface area contributed by atoms with Gasteiger partial charge in [-0.1, -0.05) is 42.5 Å². The highest BCUT2D eigenvalue weighted by molar-refractivity contribution is 6.71. The van der Waals surface area contributed by atoms with Gasteiger partial charge in [0.2, 0.25) is 5.91 Å². The number of amides is 2. The third kappa shape index (κ3) is 5.71. The molecule has 1 fully saturated rings. The van der Waals surface area contributed by atoms with Crippen LogP contribution in [0.5, 0.6) is 0 Å². The van der Waals surface area contributed by atoms with Crippen LogP contribution in [0.15, 0.2) is 72.9 Å². The number of aromatic nitrogens is 3. The summed E-state index contributed by atoms with van der Waals surface area (Å²) in [5.74, 6) is -0.808. The first kappa shape index (κ1) is 33.7. The molecule has 3 aliphatic rings. The number of nitro benzene ring substituents is 1. The number of hydrogen-bond donors (Lipinski definition) is 2. The van der Waals surface area contributed by atoms with Crippen molar-refractivity contribution in [1.82, 2.24) is 15.0 Å². The van der Waals surface area contributed by atoms with Gasteiger partial charge in [-0.15, -0.1) is 5.10 Å². The topological polar surface area (TPSA) is 164 Å². The lowest BCUT2D eigenvalue weighted by Gasteiger charge is -2.32. The predicted octanol–water partition coefficient (Wildman–Crippen LogP) is 4.77. The normalized spacial score (nSPS) is 23.1. The van der Waals surface area contributed by atoms with Crippen LogP contribution in [0, 0.1) is 16.0 Å². The molecule has 3 aliphatic heterocycles. The van der Waals surface area contributed by atoms with E-state index in [9.17, 15) is 29.6 Å². The van der Waals surface area contributed by atoms with Crippen molar-refractivity contribution in [3.63, 3.8) is 0 Å². The van der Waals surface area contributed by atoms with E-state index in [1.807, 2.05) is 68.5 Å². The third-order valence-corrected chi connectivity index (χ3v) is 12.9. The Morgan fingerprint density at radius 1 is 1.06 bits per heavy atom. The number of benzene rings is 3. The van der Waals surface area contributed by atoms with Crippen molar-refractivity contribution in [2.45, 2.75) is 76.0 Å². The summed E-state index contributed by atoms with van der Waals surface area (Å²) in [6.07, 6.45) is 3.14. The first-order chi connectivity index (χ1) is 23.9. The maximum atomic E-state index is 14.8. The fourth-order valence-electron chi connectivity index (χ4n) is 8.19. The smallest absolute Gasteiger partial charge is 0.269 e. The minimum Gasteiger partial charge on any atom is -0.432 e. The number of para-hydroxylation sites is 1. The molecule has 2 N–H and O–H groups in total. The van der Waals surface area contributed by atoms with Crippen LogP contribution in [0.25, 0.3) is 0 Å². The third-order valence-electron chi connectivity index (χ3n) is 10.4. The molecule has 0 bridgehead atoms. The fraction of sp³-hybridized carbons (Fsp3) is 0.389. The van der Waals surface area contributed by atoms with Crippen LogP contribution in [-0.2, 0) is 45.9 Å². The number of non-ortho nitro benzene ring substituents is 1. The summed E-state index contributed by atoms with van der Waals surface area (Å²) in [7, 11) is -2.97. The molecule has 4 heterocycles. The van der Waals surface area contributed by atoms with Crippen LogP contribution in [-0.4, -0.2) is 62.7 Å². The van der Waals surface area contributed by atoms with Gasteiger partial charge < -0.3 is 19.5 Å². The average Bonchev–Trinajstić information content (AvgIpc) is 3.74. The molecular formula is C36H40N6O7Si. The van der Waals surface area contributed by atoms with Crippen LogP contribution in [0.4, 0.5) is 22.7 Å². The first-order valence-electron chi connectivity index (χ1n) is 16.9. The molecule has 2 amide bonds. The summed E-state index contributed by atoms with van der Waals surface area (Å²) in [5, 5.41) is 29.5. The zero-order chi connectivity index (χ0) is 35.4. The number of rotatable bonds is 10. The molecule has 0 saturated carbocycles. The van der Waals surface area contributed by atoms with Gasteiger partial charge in [0.15, 0.2) is 13.9 Å². The van der Waals surface area contributed by atoms with Crippen LogP contribution < -0.4 is 9.80 Å². The molecule has 1 spiro atoms. The quantitative estimate of drug-likeness (QED) is 0.135. The van der Waals surface area contributed by atoms with Gasteiger partial charge in [-0.3, -0.25) is 29.3 Å². The van der Waals surface area contributed by atoms with E-state index in [2.05, 4.69) is 10.3 Å². The van der Waals surface area contributed by atoms with Crippen LogP contribution in [0.3, 0.4) is 0 Å². The molecule has 260 valence electrons. The number of carbonyl (C=O) groups excluding carboxylic acids is 2. The lowest BCUT2D eigenvalue weighted by Crippen LogP contribution is -2.46. The molecule has 0 radical (unpaired) electrons. The number of aliphatic hydroxyl groups excluding tert-OH is 1. The van der Waals surface area contributed by atoms with Gasteiger partial charge in [0.05, 0.1) is 34.6 Å². The van der Waals surface area contributed by atoms with E-state index in [0.717, 1.165) is 22.5 Å². The minimum atomic E-state index is -2.97. The maximum absolute atomic E-state index is 14.8. The number of nitrogens with zero attached hydrogens (tertiary/aromatic N) is 6. The second kappa shape index (κ2) is 12.8. The Bertz CT molecular complexity index is 1960. The van der Waals surface area contributed by atoms with E-state index in [4.69, 9.17) is 4.74 Å². The highest BCUT2D eigenvalue weighted by atomic mass is 28.4. The Morgan fingerprint density at radius 2 is 1.82 bits per heavy atom. The molecule has 14 heteroatoms. The molecule has 13 nitrogen and oxygen atoms in total. The molecular weight excluding hydrogens is 657 g/mol. The number of nitro groups is 1. The van der Waals surface area contributed by atoms with E-state index in [0.29, 0.717) is 49.2 Å². The number of carbonyl (C=O) groups is 2. The number of fused-ring (bicyclic) bond motifs is 3. The minimum absolute atomic E-state index is 0.0184. The first-order valence-corrected chi connectivity index (χ1v) is 20.0. The van der Waals surface area contributed by atoms with Crippen LogP contribution >= 0.6 is 0 Å². The van der Waals surface area contributed by atoms with Gasteiger partial charge in [-0.05, 0) is 61.3 Å². The number of anilines is 3. The van der Waals surface area contributed by atoms with Crippen molar-refractivity contribution in [3.8, 4) is 0 Å². The largest absolute Gasteiger partial charge is 0.432 e. The average molecular weight is 697 g/mol. The number of aliphatic hydroxyl groups is 1. The Labute approximate surface area is 290 Å². The molecule has 7 rings (SSSR count). The Morgan fingerprint density at radius 3 is 2.54 bits per heavy atom.